The lowest BCUT2D eigenvalue weighted by atomic mass is 10.0. The quantitative estimate of drug-likeness (QED) is 0.308. The number of hydrogen-bond acceptors (Lipinski definition) is 7. The van der Waals surface area contributed by atoms with Crippen molar-refractivity contribution in [2.75, 3.05) is 20.3 Å². The highest BCUT2D eigenvalue weighted by Crippen LogP contribution is 2.13. The first-order valence-corrected chi connectivity index (χ1v) is 9.48. The highest BCUT2D eigenvalue weighted by atomic mass is 16.5. The maximum Gasteiger partial charge on any atom is 0.243 e. The van der Waals surface area contributed by atoms with Crippen LogP contribution in [0.4, 0.5) is 0 Å². The third-order valence-electron chi connectivity index (χ3n) is 4.43. The van der Waals surface area contributed by atoms with E-state index in [2.05, 4.69) is 10.6 Å². The number of aliphatic hydroxyl groups is 3. The van der Waals surface area contributed by atoms with E-state index in [4.69, 9.17) is 14.6 Å². The van der Waals surface area contributed by atoms with Crippen LogP contribution in [-0.2, 0) is 20.7 Å². The van der Waals surface area contributed by atoms with E-state index in [1.165, 1.54) is 13.8 Å². The number of amides is 2. The fourth-order valence-corrected chi connectivity index (χ4v) is 2.62. The van der Waals surface area contributed by atoms with Gasteiger partial charge in [0.05, 0.1) is 25.9 Å². The number of aliphatic hydroxyl groups excluding tert-OH is 3. The standard InChI is InChI=1S/C20H32N2O7/c1-12(24)19(29-13(2)18(26)11-23)10-21-20(27)17(22-14(3)25)9-15-5-7-16(28-4)8-6-15/h5-8,12-13,17-19,23-24,26H,9-11H2,1-4H3,(H,21,27)(H,22,25)/t12-,13?,17?,18+,19?/m1/s1. The van der Waals surface area contributed by atoms with Crippen molar-refractivity contribution in [3.05, 3.63) is 29.8 Å². The van der Waals surface area contributed by atoms with E-state index >= 15 is 0 Å². The highest BCUT2D eigenvalue weighted by Gasteiger charge is 2.25. The summed E-state index contributed by atoms with van der Waals surface area (Å²) in [6, 6.07) is 6.34. The molecule has 9 nitrogen and oxygen atoms in total. The molecule has 0 radical (unpaired) electrons. The Morgan fingerprint density at radius 2 is 1.76 bits per heavy atom. The van der Waals surface area contributed by atoms with Crippen LogP contribution < -0.4 is 15.4 Å². The van der Waals surface area contributed by atoms with E-state index < -0.39 is 43.0 Å². The summed E-state index contributed by atoms with van der Waals surface area (Å²) in [4.78, 5) is 24.2. The maximum atomic E-state index is 12.6. The first-order valence-electron chi connectivity index (χ1n) is 9.48. The van der Waals surface area contributed by atoms with Gasteiger partial charge in [0.2, 0.25) is 11.8 Å². The van der Waals surface area contributed by atoms with Crippen molar-refractivity contribution in [2.24, 2.45) is 0 Å². The van der Waals surface area contributed by atoms with E-state index in [0.717, 1.165) is 5.56 Å². The number of ether oxygens (including phenoxy) is 2. The molecule has 0 heterocycles. The molecule has 1 aromatic rings. The second kappa shape index (κ2) is 12.4. The molecule has 0 aliphatic heterocycles. The molecule has 0 aliphatic rings. The predicted molar refractivity (Wildman–Crippen MR) is 106 cm³/mol. The summed E-state index contributed by atoms with van der Waals surface area (Å²) in [6.45, 7) is 3.87. The van der Waals surface area contributed by atoms with Crippen molar-refractivity contribution in [1.82, 2.24) is 10.6 Å². The van der Waals surface area contributed by atoms with Crippen LogP contribution in [0.2, 0.25) is 0 Å². The largest absolute Gasteiger partial charge is 0.497 e. The summed E-state index contributed by atoms with van der Waals surface area (Å²) in [5, 5.41) is 33.8. The van der Waals surface area contributed by atoms with Crippen molar-refractivity contribution >= 4 is 11.8 Å². The zero-order valence-electron chi connectivity index (χ0n) is 17.3. The molecule has 0 saturated heterocycles. The van der Waals surface area contributed by atoms with Gasteiger partial charge in [-0.3, -0.25) is 9.59 Å². The Bertz CT molecular complexity index is 636. The van der Waals surface area contributed by atoms with Crippen molar-refractivity contribution in [1.29, 1.82) is 0 Å². The zero-order valence-corrected chi connectivity index (χ0v) is 17.3. The van der Waals surface area contributed by atoms with Crippen LogP contribution in [0.3, 0.4) is 0 Å². The summed E-state index contributed by atoms with van der Waals surface area (Å²) in [5.41, 5.74) is 0.836. The van der Waals surface area contributed by atoms with Gasteiger partial charge in [0.25, 0.3) is 0 Å². The minimum absolute atomic E-state index is 0.0301. The second-order valence-electron chi connectivity index (χ2n) is 6.92. The number of carbonyl (C=O) groups is 2. The molecule has 5 N–H and O–H groups in total. The summed E-state index contributed by atoms with van der Waals surface area (Å²) < 4.78 is 10.7. The van der Waals surface area contributed by atoms with E-state index in [-0.39, 0.29) is 18.9 Å². The van der Waals surface area contributed by atoms with Crippen LogP contribution in [0.1, 0.15) is 26.3 Å². The Morgan fingerprint density at radius 1 is 1.14 bits per heavy atom. The lowest BCUT2D eigenvalue weighted by Gasteiger charge is -2.28. The first kappa shape index (κ1) is 24.8. The average molecular weight is 412 g/mol. The molecular weight excluding hydrogens is 380 g/mol. The normalized spacial score (nSPS) is 16.2. The predicted octanol–water partition coefficient (Wildman–Crippen LogP) is -0.634. The fourth-order valence-electron chi connectivity index (χ4n) is 2.62. The molecule has 3 unspecified atom stereocenters. The number of rotatable bonds is 12. The first-order chi connectivity index (χ1) is 13.7. The topological polar surface area (TPSA) is 137 Å². The van der Waals surface area contributed by atoms with Crippen molar-refractivity contribution in [3.63, 3.8) is 0 Å². The van der Waals surface area contributed by atoms with Crippen LogP contribution in [0.25, 0.3) is 0 Å². The Balaban J connectivity index is 2.75. The summed E-state index contributed by atoms with van der Waals surface area (Å²) in [5.74, 6) is -0.0901. The number of hydrogen-bond donors (Lipinski definition) is 5. The lowest BCUT2D eigenvalue weighted by Crippen LogP contribution is -2.51. The summed E-state index contributed by atoms with van der Waals surface area (Å²) >= 11 is 0. The van der Waals surface area contributed by atoms with E-state index in [9.17, 15) is 19.8 Å². The van der Waals surface area contributed by atoms with Crippen LogP contribution in [0, 0.1) is 0 Å². The van der Waals surface area contributed by atoms with Crippen molar-refractivity contribution in [2.45, 2.75) is 57.6 Å². The molecule has 0 spiro atoms. The monoisotopic (exact) mass is 412 g/mol. The summed E-state index contributed by atoms with van der Waals surface area (Å²) in [7, 11) is 1.56. The molecule has 1 rings (SSSR count). The molecule has 9 heteroatoms. The van der Waals surface area contributed by atoms with Crippen molar-refractivity contribution in [3.8, 4) is 5.75 Å². The molecule has 29 heavy (non-hydrogen) atoms. The number of nitrogens with one attached hydrogen (secondary N) is 2. The van der Waals surface area contributed by atoms with Crippen LogP contribution in [-0.4, -0.2) is 77.9 Å². The van der Waals surface area contributed by atoms with Gasteiger partial charge in [0, 0.05) is 19.9 Å². The lowest BCUT2D eigenvalue weighted by molar-refractivity contribution is -0.131. The van der Waals surface area contributed by atoms with Crippen molar-refractivity contribution < 1.29 is 34.4 Å². The third kappa shape index (κ3) is 8.78. The van der Waals surface area contributed by atoms with Crippen LogP contribution in [0.5, 0.6) is 5.75 Å². The molecule has 2 amide bonds. The minimum Gasteiger partial charge on any atom is -0.497 e. The second-order valence-corrected chi connectivity index (χ2v) is 6.92. The number of benzene rings is 1. The SMILES string of the molecule is COc1ccc(CC(NC(C)=O)C(=O)NCC(OC(C)[C@@H](O)CO)[C@@H](C)O)cc1. The van der Waals surface area contributed by atoms with E-state index in [1.54, 1.807) is 38.3 Å². The zero-order chi connectivity index (χ0) is 22.0. The van der Waals surface area contributed by atoms with E-state index in [1.807, 2.05) is 0 Å². The van der Waals surface area contributed by atoms with Gasteiger partial charge in [-0.25, -0.2) is 0 Å². The molecule has 1 aromatic carbocycles. The molecule has 0 bridgehead atoms. The van der Waals surface area contributed by atoms with Gasteiger partial charge in [-0.05, 0) is 31.5 Å². The van der Waals surface area contributed by atoms with Crippen LogP contribution >= 0.6 is 0 Å². The Labute approximate surface area is 171 Å². The van der Waals surface area contributed by atoms with Gasteiger partial charge in [0.1, 0.15) is 24.0 Å². The third-order valence-corrected chi connectivity index (χ3v) is 4.43. The number of carbonyl (C=O) groups excluding carboxylic acids is 2. The Morgan fingerprint density at radius 3 is 2.24 bits per heavy atom. The van der Waals surface area contributed by atoms with Gasteiger partial charge in [-0.1, -0.05) is 12.1 Å². The van der Waals surface area contributed by atoms with E-state index in [0.29, 0.717) is 5.75 Å². The molecule has 5 atom stereocenters. The summed E-state index contributed by atoms with van der Waals surface area (Å²) in [6.07, 6.45) is -3.29. The Kier molecular flexibility index (Phi) is 10.6. The van der Waals surface area contributed by atoms with Gasteiger partial charge in [-0.15, -0.1) is 0 Å². The number of methoxy groups -OCH3 is 1. The van der Waals surface area contributed by atoms with Gasteiger partial charge >= 0.3 is 0 Å². The molecule has 0 fully saturated rings. The van der Waals surface area contributed by atoms with Gasteiger partial charge in [0.15, 0.2) is 0 Å². The molecule has 164 valence electrons. The Hall–Kier alpha value is -2.20. The smallest absolute Gasteiger partial charge is 0.243 e. The fraction of sp³-hybridized carbons (Fsp3) is 0.600. The van der Waals surface area contributed by atoms with Gasteiger partial charge in [-0.2, -0.15) is 0 Å². The minimum atomic E-state index is -1.10. The molecule has 0 saturated carbocycles. The highest BCUT2D eigenvalue weighted by molar-refractivity contribution is 5.87. The molecular formula is C20H32N2O7. The average Bonchev–Trinajstić information content (AvgIpc) is 2.69. The molecule has 0 aliphatic carbocycles. The van der Waals surface area contributed by atoms with Gasteiger partial charge < -0.3 is 35.4 Å². The molecule has 0 aromatic heterocycles. The van der Waals surface area contributed by atoms with Crippen LogP contribution in [0.15, 0.2) is 24.3 Å². The maximum absolute atomic E-state index is 12.6.